The van der Waals surface area contributed by atoms with Gasteiger partial charge in [-0.25, -0.2) is 14.8 Å². The van der Waals surface area contributed by atoms with E-state index in [4.69, 9.17) is 9.47 Å². The molecule has 1 aliphatic heterocycles. The number of nitrogens with zero attached hydrogens (tertiary/aromatic N) is 3. The summed E-state index contributed by atoms with van der Waals surface area (Å²) in [6, 6.07) is 5.70. The second kappa shape index (κ2) is 7.96. The topological polar surface area (TPSA) is 114 Å². The zero-order valence-electron chi connectivity index (χ0n) is 19.5. The highest BCUT2D eigenvalue weighted by Gasteiger charge is 2.44. The smallest absolute Gasteiger partial charge is 0.408 e. The van der Waals surface area contributed by atoms with Gasteiger partial charge in [0.1, 0.15) is 17.0 Å². The molecule has 2 aromatic rings. The lowest BCUT2D eigenvalue weighted by atomic mass is 9.86. The average molecular weight is 443 g/mol. The van der Waals surface area contributed by atoms with Gasteiger partial charge in [-0.1, -0.05) is 19.9 Å². The molecule has 9 nitrogen and oxygen atoms in total. The number of carbonyl (C=O) groups excluding carboxylic acids is 1. The predicted octanol–water partition coefficient (Wildman–Crippen LogP) is 4.43. The summed E-state index contributed by atoms with van der Waals surface area (Å²) in [7, 11) is 0. The van der Waals surface area contributed by atoms with Crippen LogP contribution in [0.25, 0.3) is 0 Å². The standard InChI is InChI=1S/C23H30N4O5/c1-21(2,3)27(20(29)30)23(6,7)18(28)26-14-11-24-19(25-12-14)32-16-10-8-9-15-17(16)22(4,5)13-31-15/h8-12H,13H2,1-7H3,(H,26,28)(H,29,30). The molecule has 32 heavy (non-hydrogen) atoms. The van der Waals surface area contributed by atoms with Crippen LogP contribution in [-0.2, 0) is 10.2 Å². The fourth-order valence-corrected chi connectivity index (χ4v) is 4.00. The van der Waals surface area contributed by atoms with E-state index in [-0.39, 0.29) is 11.4 Å². The lowest BCUT2D eigenvalue weighted by Gasteiger charge is -2.43. The van der Waals surface area contributed by atoms with Crippen LogP contribution in [0.5, 0.6) is 17.5 Å². The largest absolute Gasteiger partial charge is 0.492 e. The molecular weight excluding hydrogens is 412 g/mol. The molecule has 1 aromatic heterocycles. The first kappa shape index (κ1) is 23.3. The Balaban J connectivity index is 1.76. The van der Waals surface area contributed by atoms with Gasteiger partial charge in [0.25, 0.3) is 0 Å². The maximum Gasteiger partial charge on any atom is 0.408 e. The van der Waals surface area contributed by atoms with E-state index in [0.717, 1.165) is 16.2 Å². The Labute approximate surface area is 187 Å². The van der Waals surface area contributed by atoms with E-state index in [1.807, 2.05) is 18.2 Å². The Kier molecular flexibility index (Phi) is 5.80. The second-order valence-corrected chi connectivity index (χ2v) is 9.96. The zero-order chi connectivity index (χ0) is 23.9. The van der Waals surface area contributed by atoms with E-state index in [1.54, 1.807) is 34.6 Å². The molecule has 1 aromatic carbocycles. The molecule has 2 amide bonds. The quantitative estimate of drug-likeness (QED) is 0.704. The summed E-state index contributed by atoms with van der Waals surface area (Å²) >= 11 is 0. The maximum absolute atomic E-state index is 12.9. The Morgan fingerprint density at radius 2 is 1.78 bits per heavy atom. The Morgan fingerprint density at radius 3 is 2.34 bits per heavy atom. The molecule has 172 valence electrons. The van der Waals surface area contributed by atoms with Gasteiger partial charge in [0.05, 0.1) is 24.7 Å². The molecule has 1 aliphatic rings. The van der Waals surface area contributed by atoms with Crippen molar-refractivity contribution in [3.63, 3.8) is 0 Å². The highest BCUT2D eigenvalue weighted by atomic mass is 16.5. The first-order valence-corrected chi connectivity index (χ1v) is 10.3. The fraction of sp³-hybridized carbons (Fsp3) is 0.478. The number of amides is 2. The summed E-state index contributed by atoms with van der Waals surface area (Å²) < 4.78 is 11.6. The molecule has 0 saturated heterocycles. The van der Waals surface area contributed by atoms with Gasteiger partial charge in [0.15, 0.2) is 0 Å². The minimum Gasteiger partial charge on any atom is -0.492 e. The van der Waals surface area contributed by atoms with Crippen molar-refractivity contribution < 1.29 is 24.2 Å². The third-order valence-electron chi connectivity index (χ3n) is 5.32. The first-order valence-electron chi connectivity index (χ1n) is 10.3. The summed E-state index contributed by atoms with van der Waals surface area (Å²) in [5.74, 6) is 0.900. The number of nitrogens with one attached hydrogen (secondary N) is 1. The molecule has 9 heteroatoms. The Morgan fingerprint density at radius 1 is 1.16 bits per heavy atom. The minimum absolute atomic E-state index is 0.125. The number of carbonyl (C=O) groups is 2. The molecule has 0 fully saturated rings. The Bertz CT molecular complexity index is 1030. The number of benzene rings is 1. The molecule has 2 heterocycles. The molecule has 0 saturated carbocycles. The summed E-state index contributed by atoms with van der Waals surface area (Å²) in [5, 5.41) is 12.3. The number of hydrogen-bond acceptors (Lipinski definition) is 6. The second-order valence-electron chi connectivity index (χ2n) is 9.96. The monoisotopic (exact) mass is 442 g/mol. The first-order chi connectivity index (χ1) is 14.7. The molecule has 3 rings (SSSR count). The molecule has 0 unspecified atom stereocenters. The summed E-state index contributed by atoms with van der Waals surface area (Å²) in [6.07, 6.45) is 1.66. The van der Waals surface area contributed by atoms with Crippen molar-refractivity contribution >= 4 is 17.7 Å². The van der Waals surface area contributed by atoms with Crippen molar-refractivity contribution in [3.05, 3.63) is 36.2 Å². The highest BCUT2D eigenvalue weighted by molar-refractivity contribution is 5.99. The maximum atomic E-state index is 12.9. The van der Waals surface area contributed by atoms with Crippen LogP contribution < -0.4 is 14.8 Å². The highest BCUT2D eigenvalue weighted by Crippen LogP contribution is 2.44. The molecular formula is C23H30N4O5. The van der Waals surface area contributed by atoms with Crippen LogP contribution in [0.3, 0.4) is 0 Å². The number of aromatic nitrogens is 2. The fourth-order valence-electron chi connectivity index (χ4n) is 4.00. The molecule has 0 aliphatic carbocycles. The van der Waals surface area contributed by atoms with Crippen molar-refractivity contribution in [1.82, 2.24) is 14.9 Å². The third-order valence-corrected chi connectivity index (χ3v) is 5.32. The van der Waals surface area contributed by atoms with Gasteiger partial charge < -0.3 is 19.9 Å². The van der Waals surface area contributed by atoms with Crippen LogP contribution in [0.1, 0.15) is 54.0 Å². The van der Waals surface area contributed by atoms with Crippen molar-refractivity contribution in [1.29, 1.82) is 0 Å². The van der Waals surface area contributed by atoms with Crippen molar-refractivity contribution in [2.75, 3.05) is 11.9 Å². The van der Waals surface area contributed by atoms with Crippen LogP contribution in [0, 0.1) is 0 Å². The SMILES string of the molecule is CC1(C)COc2cccc(Oc3ncc(NC(=O)C(C)(C)N(C(=O)O)C(C)(C)C)cn3)c21. The van der Waals surface area contributed by atoms with E-state index < -0.39 is 23.1 Å². The number of ether oxygens (including phenoxy) is 2. The molecule has 2 N–H and O–H groups in total. The van der Waals surface area contributed by atoms with Crippen LogP contribution in [-0.4, -0.2) is 49.7 Å². The van der Waals surface area contributed by atoms with E-state index in [1.165, 1.54) is 12.4 Å². The van der Waals surface area contributed by atoms with Crippen molar-refractivity contribution in [2.24, 2.45) is 0 Å². The van der Waals surface area contributed by atoms with Crippen LogP contribution in [0.15, 0.2) is 30.6 Å². The van der Waals surface area contributed by atoms with Gasteiger partial charge >= 0.3 is 12.1 Å². The van der Waals surface area contributed by atoms with Crippen LogP contribution in [0.2, 0.25) is 0 Å². The lowest BCUT2D eigenvalue weighted by molar-refractivity contribution is -0.128. The van der Waals surface area contributed by atoms with Crippen molar-refractivity contribution in [2.45, 2.75) is 65.0 Å². The van der Waals surface area contributed by atoms with Gasteiger partial charge in [0, 0.05) is 16.5 Å². The van der Waals surface area contributed by atoms with E-state index >= 15 is 0 Å². The number of fused-ring (bicyclic) bond motifs is 1. The van der Waals surface area contributed by atoms with E-state index in [2.05, 4.69) is 29.1 Å². The number of anilines is 1. The number of hydrogen-bond donors (Lipinski definition) is 2. The predicted molar refractivity (Wildman–Crippen MR) is 119 cm³/mol. The Hall–Kier alpha value is -3.36. The average Bonchev–Trinajstić information content (AvgIpc) is 2.97. The normalized spacial score (nSPS) is 14.8. The molecule has 0 spiro atoms. The van der Waals surface area contributed by atoms with E-state index in [0.29, 0.717) is 18.0 Å². The third kappa shape index (κ3) is 4.46. The van der Waals surface area contributed by atoms with Gasteiger partial charge in [-0.2, -0.15) is 0 Å². The number of rotatable bonds is 5. The molecule has 0 bridgehead atoms. The number of carboxylic acid groups (broad SMARTS) is 1. The van der Waals surface area contributed by atoms with Gasteiger partial charge in [-0.3, -0.25) is 9.69 Å². The van der Waals surface area contributed by atoms with Crippen molar-refractivity contribution in [3.8, 4) is 17.5 Å². The van der Waals surface area contributed by atoms with Gasteiger partial charge in [-0.15, -0.1) is 0 Å². The van der Waals surface area contributed by atoms with E-state index in [9.17, 15) is 14.7 Å². The summed E-state index contributed by atoms with van der Waals surface area (Å²) in [5.41, 5.74) is -1.01. The summed E-state index contributed by atoms with van der Waals surface area (Å²) in [6.45, 7) is 13.0. The lowest BCUT2D eigenvalue weighted by Crippen LogP contribution is -2.61. The minimum atomic E-state index is -1.32. The zero-order valence-corrected chi connectivity index (χ0v) is 19.5. The van der Waals surface area contributed by atoms with Gasteiger partial charge in [-0.05, 0) is 46.8 Å². The van der Waals surface area contributed by atoms with Crippen LogP contribution in [0.4, 0.5) is 10.5 Å². The summed E-state index contributed by atoms with van der Waals surface area (Å²) in [4.78, 5) is 34.2. The van der Waals surface area contributed by atoms with Crippen LogP contribution >= 0.6 is 0 Å². The molecule has 0 atom stereocenters. The van der Waals surface area contributed by atoms with Gasteiger partial charge in [0.2, 0.25) is 5.91 Å². The molecule has 0 radical (unpaired) electrons.